The number of aliphatic carboxylic acids is 1. The number of carboxylic acids is 1. The monoisotopic (exact) mass is 208 g/mol. The number of benzene rings is 1. The number of aryl methyl sites for hydroxylation is 1. The molecule has 1 aromatic rings. The number of carboxylic acid groups (broad SMARTS) is 1. The summed E-state index contributed by atoms with van der Waals surface area (Å²) in [6.07, 6.45) is 0. The molecule has 0 spiro atoms. The third kappa shape index (κ3) is 2.12. The third-order valence-corrected chi connectivity index (χ3v) is 2.65. The highest BCUT2D eigenvalue weighted by molar-refractivity contribution is 5.80. The second-order valence-corrected chi connectivity index (χ2v) is 4.11. The van der Waals surface area contributed by atoms with Gasteiger partial charge in [-0.3, -0.25) is 4.79 Å². The van der Waals surface area contributed by atoms with Crippen LogP contribution in [0.25, 0.3) is 0 Å². The van der Waals surface area contributed by atoms with Crippen LogP contribution in [0.1, 0.15) is 25.0 Å². The van der Waals surface area contributed by atoms with Crippen molar-refractivity contribution in [1.29, 1.82) is 0 Å². The van der Waals surface area contributed by atoms with Gasteiger partial charge in [0.1, 0.15) is 5.75 Å². The summed E-state index contributed by atoms with van der Waals surface area (Å²) in [7, 11) is 1.60. The van der Waals surface area contributed by atoms with E-state index >= 15 is 0 Å². The minimum absolute atomic E-state index is 0.778. The fraction of sp³-hybridized carbons (Fsp3) is 0.417. The van der Waals surface area contributed by atoms with E-state index in [1.54, 1.807) is 33.1 Å². The van der Waals surface area contributed by atoms with Crippen LogP contribution in [0, 0.1) is 6.92 Å². The number of hydrogen-bond donors (Lipinski definition) is 1. The van der Waals surface area contributed by atoms with Crippen LogP contribution in [0.15, 0.2) is 18.2 Å². The summed E-state index contributed by atoms with van der Waals surface area (Å²) < 4.78 is 5.13. The van der Waals surface area contributed by atoms with Crippen molar-refractivity contribution in [1.82, 2.24) is 0 Å². The molecule has 0 unspecified atom stereocenters. The highest BCUT2D eigenvalue weighted by Gasteiger charge is 2.29. The number of methoxy groups -OCH3 is 1. The quantitative estimate of drug-likeness (QED) is 0.829. The standard InChI is InChI=1S/C12H16O3/c1-8-7-9(5-6-10(8)15-4)12(2,3)11(13)14/h5-7H,1-4H3,(H,13,14). The molecule has 0 heterocycles. The van der Waals surface area contributed by atoms with Gasteiger partial charge >= 0.3 is 5.97 Å². The van der Waals surface area contributed by atoms with E-state index in [1.807, 2.05) is 13.0 Å². The van der Waals surface area contributed by atoms with Crippen molar-refractivity contribution in [3.63, 3.8) is 0 Å². The lowest BCUT2D eigenvalue weighted by molar-refractivity contribution is -0.142. The van der Waals surface area contributed by atoms with E-state index in [9.17, 15) is 4.79 Å². The van der Waals surface area contributed by atoms with Crippen LogP contribution in [0.4, 0.5) is 0 Å². The van der Waals surface area contributed by atoms with Crippen molar-refractivity contribution in [3.8, 4) is 5.75 Å². The van der Waals surface area contributed by atoms with Gasteiger partial charge in [-0.15, -0.1) is 0 Å². The van der Waals surface area contributed by atoms with Gasteiger partial charge in [-0.2, -0.15) is 0 Å². The number of ether oxygens (including phenoxy) is 1. The largest absolute Gasteiger partial charge is 0.496 e. The van der Waals surface area contributed by atoms with Gasteiger partial charge in [-0.05, 0) is 38.0 Å². The van der Waals surface area contributed by atoms with E-state index in [0.29, 0.717) is 0 Å². The first-order valence-electron chi connectivity index (χ1n) is 4.78. The Kier molecular flexibility index (Phi) is 3.03. The molecule has 0 aliphatic heterocycles. The molecule has 0 atom stereocenters. The summed E-state index contributed by atoms with van der Waals surface area (Å²) in [5.74, 6) is -0.0491. The van der Waals surface area contributed by atoms with E-state index in [-0.39, 0.29) is 0 Å². The Labute approximate surface area is 89.7 Å². The zero-order valence-electron chi connectivity index (χ0n) is 9.50. The first kappa shape index (κ1) is 11.6. The Hall–Kier alpha value is -1.51. The van der Waals surface area contributed by atoms with Crippen LogP contribution in [-0.2, 0) is 10.2 Å². The van der Waals surface area contributed by atoms with Gasteiger partial charge in [-0.25, -0.2) is 0 Å². The topological polar surface area (TPSA) is 46.5 Å². The summed E-state index contributed by atoms with van der Waals surface area (Å²) in [6.45, 7) is 5.29. The Balaban J connectivity index is 3.18. The molecule has 15 heavy (non-hydrogen) atoms. The lowest BCUT2D eigenvalue weighted by atomic mass is 9.84. The molecule has 0 bridgehead atoms. The zero-order chi connectivity index (χ0) is 11.6. The van der Waals surface area contributed by atoms with Crippen molar-refractivity contribution in [2.45, 2.75) is 26.2 Å². The number of hydrogen-bond acceptors (Lipinski definition) is 2. The molecule has 0 saturated carbocycles. The zero-order valence-corrected chi connectivity index (χ0v) is 9.50. The molecular formula is C12H16O3. The Morgan fingerprint density at radius 1 is 1.40 bits per heavy atom. The van der Waals surface area contributed by atoms with E-state index in [2.05, 4.69) is 0 Å². The molecule has 0 fully saturated rings. The summed E-state index contributed by atoms with van der Waals surface area (Å²) in [6, 6.07) is 5.45. The van der Waals surface area contributed by atoms with Gasteiger partial charge in [0, 0.05) is 0 Å². The van der Waals surface area contributed by atoms with Crippen molar-refractivity contribution >= 4 is 5.97 Å². The molecule has 1 N–H and O–H groups in total. The van der Waals surface area contributed by atoms with E-state index in [1.165, 1.54) is 0 Å². The van der Waals surface area contributed by atoms with Crippen LogP contribution in [-0.4, -0.2) is 18.2 Å². The first-order chi connectivity index (χ1) is 6.89. The van der Waals surface area contributed by atoms with Crippen molar-refractivity contribution < 1.29 is 14.6 Å². The maximum atomic E-state index is 11.1. The highest BCUT2D eigenvalue weighted by Crippen LogP contribution is 2.28. The van der Waals surface area contributed by atoms with Crippen LogP contribution in [0.5, 0.6) is 5.75 Å². The lowest BCUT2D eigenvalue weighted by Crippen LogP contribution is -2.28. The van der Waals surface area contributed by atoms with E-state index in [0.717, 1.165) is 16.9 Å². The fourth-order valence-corrected chi connectivity index (χ4v) is 1.39. The van der Waals surface area contributed by atoms with Crippen LogP contribution >= 0.6 is 0 Å². The summed E-state index contributed by atoms with van der Waals surface area (Å²) in [4.78, 5) is 11.1. The van der Waals surface area contributed by atoms with Crippen LogP contribution in [0.3, 0.4) is 0 Å². The Morgan fingerprint density at radius 2 is 2.00 bits per heavy atom. The average Bonchev–Trinajstić information content (AvgIpc) is 2.17. The van der Waals surface area contributed by atoms with Crippen LogP contribution < -0.4 is 4.74 Å². The molecule has 82 valence electrons. The van der Waals surface area contributed by atoms with Crippen molar-refractivity contribution in [3.05, 3.63) is 29.3 Å². The smallest absolute Gasteiger partial charge is 0.313 e. The highest BCUT2D eigenvalue weighted by atomic mass is 16.5. The van der Waals surface area contributed by atoms with Crippen molar-refractivity contribution in [2.75, 3.05) is 7.11 Å². The molecule has 0 saturated heterocycles. The van der Waals surface area contributed by atoms with Gasteiger partial charge in [0.25, 0.3) is 0 Å². The number of rotatable bonds is 3. The third-order valence-electron chi connectivity index (χ3n) is 2.65. The van der Waals surface area contributed by atoms with E-state index < -0.39 is 11.4 Å². The Morgan fingerprint density at radius 3 is 2.40 bits per heavy atom. The molecule has 0 radical (unpaired) electrons. The summed E-state index contributed by atoms with van der Waals surface area (Å²) in [5, 5.41) is 9.08. The van der Waals surface area contributed by atoms with Gasteiger partial charge in [-0.1, -0.05) is 12.1 Å². The van der Waals surface area contributed by atoms with Gasteiger partial charge < -0.3 is 9.84 Å². The van der Waals surface area contributed by atoms with Crippen molar-refractivity contribution in [2.24, 2.45) is 0 Å². The molecule has 3 heteroatoms. The second kappa shape index (κ2) is 3.93. The van der Waals surface area contributed by atoms with Gasteiger partial charge in [0.05, 0.1) is 12.5 Å². The molecule has 0 aliphatic carbocycles. The minimum atomic E-state index is -0.864. The lowest BCUT2D eigenvalue weighted by Gasteiger charge is -2.20. The average molecular weight is 208 g/mol. The molecule has 3 nitrogen and oxygen atoms in total. The molecule has 1 aromatic carbocycles. The predicted molar refractivity (Wildman–Crippen MR) is 58.4 cm³/mol. The van der Waals surface area contributed by atoms with Gasteiger partial charge in [0.15, 0.2) is 0 Å². The normalized spacial score (nSPS) is 11.2. The summed E-state index contributed by atoms with van der Waals surface area (Å²) >= 11 is 0. The maximum Gasteiger partial charge on any atom is 0.313 e. The van der Waals surface area contributed by atoms with Crippen LogP contribution in [0.2, 0.25) is 0 Å². The minimum Gasteiger partial charge on any atom is -0.496 e. The maximum absolute atomic E-state index is 11.1. The molecular weight excluding hydrogens is 192 g/mol. The SMILES string of the molecule is COc1ccc(C(C)(C)C(=O)O)cc1C. The second-order valence-electron chi connectivity index (χ2n) is 4.11. The predicted octanol–water partition coefficient (Wildman–Crippen LogP) is 2.37. The van der Waals surface area contributed by atoms with Gasteiger partial charge in [0.2, 0.25) is 0 Å². The molecule has 0 amide bonds. The fourth-order valence-electron chi connectivity index (χ4n) is 1.39. The molecule has 1 rings (SSSR count). The molecule has 0 aromatic heterocycles. The summed E-state index contributed by atoms with van der Waals surface area (Å²) in [5.41, 5.74) is 0.870. The van der Waals surface area contributed by atoms with E-state index in [4.69, 9.17) is 9.84 Å². The number of carbonyl (C=O) groups is 1. The molecule has 0 aliphatic rings. The Bertz CT molecular complexity index is 380. The first-order valence-corrected chi connectivity index (χ1v) is 4.78.